The van der Waals surface area contributed by atoms with Crippen molar-refractivity contribution in [3.63, 3.8) is 0 Å². The molecular weight excluding hydrogens is 231 g/mol. The second-order valence-corrected chi connectivity index (χ2v) is 5.32. The zero-order chi connectivity index (χ0) is 13.1. The van der Waals surface area contributed by atoms with Crippen LogP contribution < -0.4 is 10.2 Å². The number of hydrogen-bond donors (Lipinski definition) is 0. The van der Waals surface area contributed by atoms with Crippen molar-refractivity contribution in [1.29, 1.82) is 0 Å². The Morgan fingerprint density at radius 2 is 1.63 bits per heavy atom. The standard InChI is InChI=1S/C17H19BO/c18-16-10-11-17(15-9-5-4-8-14(15)16)19-12-13-6-2-1-3-7-13/h1-3,6-7,10-11H,4-5,8-9,12,18H2. The molecule has 0 atom stereocenters. The van der Waals surface area contributed by atoms with Gasteiger partial charge in [-0.15, -0.1) is 0 Å². The third-order valence-corrected chi connectivity index (χ3v) is 3.96. The van der Waals surface area contributed by atoms with Gasteiger partial charge in [-0.25, -0.2) is 0 Å². The Labute approximate surface area is 116 Å². The Kier molecular flexibility index (Phi) is 3.59. The summed E-state index contributed by atoms with van der Waals surface area (Å²) in [5.41, 5.74) is 5.62. The van der Waals surface area contributed by atoms with Crippen LogP contribution >= 0.6 is 0 Å². The zero-order valence-corrected chi connectivity index (χ0v) is 11.5. The van der Waals surface area contributed by atoms with E-state index in [1.807, 2.05) is 6.07 Å². The van der Waals surface area contributed by atoms with Crippen molar-refractivity contribution < 1.29 is 4.74 Å². The average molecular weight is 250 g/mol. The molecule has 2 aromatic rings. The fourth-order valence-electron chi connectivity index (χ4n) is 2.88. The lowest BCUT2D eigenvalue weighted by Crippen LogP contribution is -2.18. The summed E-state index contributed by atoms with van der Waals surface area (Å²) in [5.74, 6) is 1.09. The minimum Gasteiger partial charge on any atom is -0.489 e. The number of ether oxygens (including phenoxy) is 1. The predicted molar refractivity (Wildman–Crippen MR) is 82.0 cm³/mol. The molecule has 1 aliphatic carbocycles. The third-order valence-electron chi connectivity index (χ3n) is 3.96. The number of rotatable bonds is 3. The SMILES string of the molecule is Bc1ccc(OCc2ccccc2)c2c1CCCC2. The van der Waals surface area contributed by atoms with E-state index >= 15 is 0 Å². The quantitative estimate of drug-likeness (QED) is 0.760. The first kappa shape index (κ1) is 12.3. The van der Waals surface area contributed by atoms with E-state index in [0.717, 1.165) is 5.75 Å². The molecule has 19 heavy (non-hydrogen) atoms. The highest BCUT2D eigenvalue weighted by atomic mass is 16.5. The first-order chi connectivity index (χ1) is 9.34. The fourth-order valence-corrected chi connectivity index (χ4v) is 2.88. The highest BCUT2D eigenvalue weighted by Crippen LogP contribution is 2.28. The van der Waals surface area contributed by atoms with E-state index in [-0.39, 0.29) is 0 Å². The van der Waals surface area contributed by atoms with Crippen LogP contribution in [0.5, 0.6) is 5.75 Å². The van der Waals surface area contributed by atoms with Gasteiger partial charge < -0.3 is 4.74 Å². The van der Waals surface area contributed by atoms with Crippen molar-refractivity contribution in [3.8, 4) is 5.75 Å². The van der Waals surface area contributed by atoms with Crippen molar-refractivity contribution in [2.75, 3.05) is 0 Å². The molecule has 2 aromatic carbocycles. The minimum atomic E-state index is 0.663. The topological polar surface area (TPSA) is 9.23 Å². The maximum absolute atomic E-state index is 6.05. The van der Waals surface area contributed by atoms with Gasteiger partial charge in [-0.1, -0.05) is 41.9 Å². The first-order valence-corrected chi connectivity index (χ1v) is 7.12. The largest absolute Gasteiger partial charge is 0.489 e. The maximum atomic E-state index is 6.05. The Hall–Kier alpha value is -1.70. The number of benzene rings is 2. The molecule has 0 N–H and O–H groups in total. The van der Waals surface area contributed by atoms with Gasteiger partial charge in [0.25, 0.3) is 0 Å². The summed E-state index contributed by atoms with van der Waals surface area (Å²) in [6.45, 7) is 0.663. The Bertz CT molecular complexity index is 563. The van der Waals surface area contributed by atoms with Crippen LogP contribution in [0.2, 0.25) is 0 Å². The highest BCUT2D eigenvalue weighted by Gasteiger charge is 2.15. The Morgan fingerprint density at radius 3 is 2.42 bits per heavy atom. The molecule has 0 amide bonds. The predicted octanol–water partition coefficient (Wildman–Crippen LogP) is 2.40. The van der Waals surface area contributed by atoms with E-state index in [4.69, 9.17) is 4.74 Å². The van der Waals surface area contributed by atoms with E-state index < -0.39 is 0 Å². The molecule has 96 valence electrons. The first-order valence-electron chi connectivity index (χ1n) is 7.12. The van der Waals surface area contributed by atoms with Gasteiger partial charge in [-0.2, -0.15) is 0 Å². The second-order valence-electron chi connectivity index (χ2n) is 5.32. The third kappa shape index (κ3) is 2.68. The Morgan fingerprint density at radius 1 is 0.895 bits per heavy atom. The number of hydrogen-bond acceptors (Lipinski definition) is 1. The average Bonchev–Trinajstić information content (AvgIpc) is 2.48. The van der Waals surface area contributed by atoms with Crippen molar-refractivity contribution in [2.45, 2.75) is 32.3 Å². The maximum Gasteiger partial charge on any atom is 0.139 e. The zero-order valence-electron chi connectivity index (χ0n) is 11.5. The number of fused-ring (bicyclic) bond motifs is 1. The van der Waals surface area contributed by atoms with Gasteiger partial charge in [-0.05, 0) is 48.4 Å². The van der Waals surface area contributed by atoms with Crippen molar-refractivity contribution >= 4 is 13.3 Å². The molecule has 0 aromatic heterocycles. The summed E-state index contributed by atoms with van der Waals surface area (Å²) in [4.78, 5) is 0. The monoisotopic (exact) mass is 250 g/mol. The molecule has 0 bridgehead atoms. The van der Waals surface area contributed by atoms with Crippen LogP contribution in [0.25, 0.3) is 0 Å². The lowest BCUT2D eigenvalue weighted by Gasteiger charge is -2.21. The summed E-state index contributed by atoms with van der Waals surface area (Å²) in [5, 5.41) is 0. The van der Waals surface area contributed by atoms with E-state index in [1.54, 1.807) is 0 Å². The molecule has 2 heteroatoms. The Balaban J connectivity index is 1.81. The van der Waals surface area contributed by atoms with Gasteiger partial charge in [-0.3, -0.25) is 0 Å². The smallest absolute Gasteiger partial charge is 0.139 e. The fraction of sp³-hybridized carbons (Fsp3) is 0.294. The van der Waals surface area contributed by atoms with E-state index in [9.17, 15) is 0 Å². The summed E-state index contributed by atoms with van der Waals surface area (Å²) >= 11 is 0. The highest BCUT2D eigenvalue weighted by molar-refractivity contribution is 6.33. The van der Waals surface area contributed by atoms with Crippen molar-refractivity contribution in [2.24, 2.45) is 0 Å². The molecule has 3 rings (SSSR count). The summed E-state index contributed by atoms with van der Waals surface area (Å²) < 4.78 is 6.05. The molecule has 0 spiro atoms. The molecule has 1 aliphatic rings. The van der Waals surface area contributed by atoms with Crippen LogP contribution in [0, 0.1) is 0 Å². The van der Waals surface area contributed by atoms with E-state index in [0.29, 0.717) is 6.61 Å². The lowest BCUT2D eigenvalue weighted by atomic mass is 9.80. The second kappa shape index (κ2) is 5.52. The molecule has 0 saturated carbocycles. The van der Waals surface area contributed by atoms with Crippen LogP contribution in [0.4, 0.5) is 0 Å². The van der Waals surface area contributed by atoms with Crippen LogP contribution in [-0.4, -0.2) is 7.85 Å². The van der Waals surface area contributed by atoms with E-state index in [1.165, 1.54) is 47.8 Å². The molecule has 1 nitrogen and oxygen atoms in total. The minimum absolute atomic E-state index is 0.663. The van der Waals surface area contributed by atoms with Gasteiger partial charge in [0.15, 0.2) is 0 Å². The van der Waals surface area contributed by atoms with Gasteiger partial charge in [0.1, 0.15) is 20.2 Å². The van der Waals surface area contributed by atoms with Gasteiger partial charge in [0.05, 0.1) is 0 Å². The van der Waals surface area contributed by atoms with Crippen LogP contribution in [0.15, 0.2) is 42.5 Å². The normalized spacial score (nSPS) is 13.9. The van der Waals surface area contributed by atoms with Crippen LogP contribution in [0.3, 0.4) is 0 Å². The van der Waals surface area contributed by atoms with Gasteiger partial charge in [0.2, 0.25) is 0 Å². The van der Waals surface area contributed by atoms with Gasteiger partial charge in [0, 0.05) is 0 Å². The molecule has 0 saturated heterocycles. The molecule has 0 heterocycles. The molecule has 0 aliphatic heterocycles. The summed E-state index contributed by atoms with van der Waals surface area (Å²) in [6.07, 6.45) is 4.99. The molecule has 0 radical (unpaired) electrons. The van der Waals surface area contributed by atoms with Crippen molar-refractivity contribution in [3.05, 3.63) is 59.2 Å². The summed E-state index contributed by atoms with van der Waals surface area (Å²) in [6, 6.07) is 14.7. The lowest BCUT2D eigenvalue weighted by molar-refractivity contribution is 0.301. The molecular formula is C17H19BO. The van der Waals surface area contributed by atoms with Crippen LogP contribution in [-0.2, 0) is 19.4 Å². The van der Waals surface area contributed by atoms with Gasteiger partial charge >= 0.3 is 0 Å². The molecule has 0 unspecified atom stereocenters. The summed E-state index contributed by atoms with van der Waals surface area (Å²) in [7, 11) is 2.21. The van der Waals surface area contributed by atoms with E-state index in [2.05, 4.69) is 44.2 Å². The molecule has 0 fully saturated rings. The van der Waals surface area contributed by atoms with Crippen LogP contribution in [0.1, 0.15) is 29.5 Å². The van der Waals surface area contributed by atoms with Crippen molar-refractivity contribution in [1.82, 2.24) is 0 Å².